The second kappa shape index (κ2) is 7.75. The van der Waals surface area contributed by atoms with Gasteiger partial charge in [-0.25, -0.2) is 13.2 Å². The van der Waals surface area contributed by atoms with Crippen molar-refractivity contribution in [3.8, 4) is 0 Å². The molecule has 0 saturated carbocycles. The van der Waals surface area contributed by atoms with Crippen LogP contribution in [0.15, 0.2) is 35.3 Å². The van der Waals surface area contributed by atoms with E-state index in [4.69, 9.17) is 4.74 Å². The number of aliphatic imine (C=N–C) groups is 1. The first-order chi connectivity index (χ1) is 13.0. The van der Waals surface area contributed by atoms with Gasteiger partial charge in [-0.15, -0.1) is 0 Å². The number of fused-ring (bicyclic) bond motifs is 1. The van der Waals surface area contributed by atoms with Gasteiger partial charge in [0.25, 0.3) is 5.91 Å². The number of rotatable bonds is 3. The number of hydrogen-bond acceptors (Lipinski definition) is 6. The molecule has 1 aromatic rings. The third-order valence-corrected chi connectivity index (χ3v) is 7.31. The van der Waals surface area contributed by atoms with Crippen LogP contribution in [-0.2, 0) is 19.4 Å². The summed E-state index contributed by atoms with van der Waals surface area (Å²) in [5.74, 6) is -0.435. The van der Waals surface area contributed by atoms with Crippen LogP contribution in [0.25, 0.3) is 0 Å². The van der Waals surface area contributed by atoms with Crippen LogP contribution in [0.1, 0.15) is 20.8 Å². The number of nitrogens with one attached hydrogen (secondary N) is 1. The molecule has 0 unspecified atom stereocenters. The highest BCUT2D eigenvalue weighted by molar-refractivity contribution is 8.16. The van der Waals surface area contributed by atoms with E-state index in [9.17, 15) is 18.0 Å². The minimum atomic E-state index is -3.11. The Bertz CT molecular complexity index is 894. The quantitative estimate of drug-likeness (QED) is 0.787. The highest BCUT2D eigenvalue weighted by atomic mass is 32.2. The van der Waals surface area contributed by atoms with Gasteiger partial charge in [-0.1, -0.05) is 30.0 Å². The van der Waals surface area contributed by atoms with Gasteiger partial charge >= 0.3 is 6.09 Å². The number of sulfone groups is 1. The number of para-hydroxylation sites is 1. The lowest BCUT2D eigenvalue weighted by Gasteiger charge is -2.24. The van der Waals surface area contributed by atoms with Gasteiger partial charge in [0, 0.05) is 10.9 Å². The van der Waals surface area contributed by atoms with Crippen molar-refractivity contribution >= 4 is 44.5 Å². The van der Waals surface area contributed by atoms with Crippen molar-refractivity contribution in [2.24, 2.45) is 4.99 Å². The number of thioether (sulfide) groups is 1. The van der Waals surface area contributed by atoms with Crippen LogP contribution in [0.2, 0.25) is 0 Å². The Balaban J connectivity index is 1.74. The molecule has 0 spiro atoms. The van der Waals surface area contributed by atoms with E-state index in [1.165, 1.54) is 11.8 Å². The number of benzene rings is 1. The lowest BCUT2D eigenvalue weighted by atomic mass is 10.2. The van der Waals surface area contributed by atoms with Gasteiger partial charge in [0.15, 0.2) is 15.0 Å². The molecule has 2 amide bonds. The molecule has 2 saturated heterocycles. The van der Waals surface area contributed by atoms with Crippen LogP contribution >= 0.6 is 11.8 Å². The average molecular weight is 426 g/mol. The second-order valence-electron chi connectivity index (χ2n) is 7.65. The largest absolute Gasteiger partial charge is 0.444 e. The van der Waals surface area contributed by atoms with Gasteiger partial charge in [-0.3, -0.25) is 4.79 Å². The fourth-order valence-corrected chi connectivity index (χ4v) is 6.99. The van der Waals surface area contributed by atoms with Gasteiger partial charge in [-0.05, 0) is 32.9 Å². The molecule has 0 aromatic heterocycles. The van der Waals surface area contributed by atoms with Gasteiger partial charge in [-0.2, -0.15) is 4.99 Å². The Hall–Kier alpha value is -2.07. The van der Waals surface area contributed by atoms with Crippen LogP contribution in [0.4, 0.5) is 10.5 Å². The molecule has 3 rings (SSSR count). The number of carbonyl (C=O) groups excluding carboxylic acids is 2. The standard InChI is InChI=1S/C18H23N3O5S2/c1-18(2,3)26-17(23)19-9-15(22)20-16-21(12-7-5-4-6-8-12)13-10-28(24,25)11-14(13)27-16/h4-8,13-14H,9-11H2,1-3H3,(H,19,23)/t13-,14+/m1/s1. The lowest BCUT2D eigenvalue weighted by Crippen LogP contribution is -2.38. The molecule has 8 nitrogen and oxygen atoms in total. The first-order valence-corrected chi connectivity index (χ1v) is 11.5. The number of amides is 2. The smallest absolute Gasteiger partial charge is 0.408 e. The average Bonchev–Trinajstić information content (AvgIpc) is 3.03. The highest BCUT2D eigenvalue weighted by Gasteiger charge is 2.49. The van der Waals surface area contributed by atoms with E-state index in [1.54, 1.807) is 20.8 Å². The second-order valence-corrected chi connectivity index (χ2v) is 11.0. The van der Waals surface area contributed by atoms with E-state index in [1.807, 2.05) is 35.2 Å². The number of carbonyl (C=O) groups is 2. The highest BCUT2D eigenvalue weighted by Crippen LogP contribution is 2.40. The number of alkyl carbamates (subject to hydrolysis) is 1. The molecule has 0 bridgehead atoms. The third-order valence-electron chi connectivity index (χ3n) is 4.10. The van der Waals surface area contributed by atoms with Gasteiger partial charge in [0.1, 0.15) is 12.1 Å². The van der Waals surface area contributed by atoms with Crippen LogP contribution in [0.3, 0.4) is 0 Å². The summed E-state index contributed by atoms with van der Waals surface area (Å²) in [5, 5.41) is 2.67. The van der Waals surface area contributed by atoms with Crippen LogP contribution in [0.5, 0.6) is 0 Å². The van der Waals surface area contributed by atoms with Gasteiger partial charge < -0.3 is 15.0 Å². The zero-order valence-electron chi connectivity index (χ0n) is 15.9. The number of hydrogen-bond donors (Lipinski definition) is 1. The molecule has 2 atom stereocenters. The summed E-state index contributed by atoms with van der Waals surface area (Å²) in [5.41, 5.74) is 0.124. The summed E-state index contributed by atoms with van der Waals surface area (Å²) in [6.45, 7) is 4.90. The molecule has 152 valence electrons. The van der Waals surface area contributed by atoms with E-state index in [2.05, 4.69) is 10.3 Å². The molecule has 28 heavy (non-hydrogen) atoms. The summed E-state index contributed by atoms with van der Waals surface area (Å²) in [6, 6.07) is 9.01. The Kier molecular flexibility index (Phi) is 5.72. The molecule has 2 fully saturated rings. The first-order valence-electron chi connectivity index (χ1n) is 8.84. The zero-order chi connectivity index (χ0) is 20.5. The van der Waals surface area contributed by atoms with Crippen molar-refractivity contribution in [3.05, 3.63) is 30.3 Å². The zero-order valence-corrected chi connectivity index (χ0v) is 17.5. The molecular weight excluding hydrogens is 402 g/mol. The summed E-state index contributed by atoms with van der Waals surface area (Å²) >= 11 is 1.29. The van der Waals surface area contributed by atoms with Crippen LogP contribution in [0, 0.1) is 0 Å². The van der Waals surface area contributed by atoms with E-state index in [-0.39, 0.29) is 29.3 Å². The van der Waals surface area contributed by atoms with Crippen molar-refractivity contribution in [2.45, 2.75) is 37.7 Å². The summed E-state index contributed by atoms with van der Waals surface area (Å²) in [7, 11) is -3.11. The van der Waals surface area contributed by atoms with Crippen molar-refractivity contribution in [1.29, 1.82) is 0 Å². The SMILES string of the molecule is CC(C)(C)OC(=O)NCC(=O)N=C1S[C@H]2CS(=O)(=O)C[C@H]2N1c1ccccc1. The van der Waals surface area contributed by atoms with E-state index in [0.29, 0.717) is 5.17 Å². The maximum Gasteiger partial charge on any atom is 0.408 e. The van der Waals surface area contributed by atoms with Crippen molar-refractivity contribution in [3.63, 3.8) is 0 Å². The Morgan fingerprint density at radius 3 is 2.57 bits per heavy atom. The minimum Gasteiger partial charge on any atom is -0.444 e. The first kappa shape index (κ1) is 20.7. The van der Waals surface area contributed by atoms with Crippen molar-refractivity contribution in [2.75, 3.05) is 23.0 Å². The Morgan fingerprint density at radius 2 is 1.93 bits per heavy atom. The Morgan fingerprint density at radius 1 is 1.25 bits per heavy atom. The summed E-state index contributed by atoms with van der Waals surface area (Å²) < 4.78 is 29.2. The maximum atomic E-state index is 12.3. The molecule has 1 aromatic carbocycles. The van der Waals surface area contributed by atoms with Crippen LogP contribution in [-0.4, -0.2) is 60.5 Å². The maximum absolute atomic E-state index is 12.3. The van der Waals surface area contributed by atoms with Gasteiger partial charge in [0.2, 0.25) is 0 Å². The molecule has 1 N–H and O–H groups in total. The van der Waals surface area contributed by atoms with Gasteiger partial charge in [0.05, 0.1) is 17.5 Å². The minimum absolute atomic E-state index is 0.0307. The summed E-state index contributed by atoms with van der Waals surface area (Å²) in [6.07, 6.45) is -0.692. The predicted octanol–water partition coefficient (Wildman–Crippen LogP) is 1.81. The normalized spacial score (nSPS) is 24.8. The molecule has 2 heterocycles. The molecular formula is C18H23N3O5S2. The Labute approximate surface area is 168 Å². The van der Waals surface area contributed by atoms with E-state index < -0.39 is 27.4 Å². The lowest BCUT2D eigenvalue weighted by molar-refractivity contribution is -0.117. The molecule has 2 aliphatic rings. The number of ether oxygens (including phenoxy) is 1. The summed E-state index contributed by atoms with van der Waals surface area (Å²) in [4.78, 5) is 29.9. The molecule has 0 radical (unpaired) electrons. The molecule has 10 heteroatoms. The fourth-order valence-electron chi connectivity index (χ4n) is 3.06. The van der Waals surface area contributed by atoms with Crippen molar-refractivity contribution in [1.82, 2.24) is 5.32 Å². The topological polar surface area (TPSA) is 105 Å². The molecule has 2 aliphatic heterocycles. The predicted molar refractivity (Wildman–Crippen MR) is 109 cm³/mol. The van der Waals surface area contributed by atoms with E-state index in [0.717, 1.165) is 5.69 Å². The molecule has 0 aliphatic carbocycles. The number of amidine groups is 1. The fraction of sp³-hybridized carbons (Fsp3) is 0.500. The van der Waals surface area contributed by atoms with Crippen molar-refractivity contribution < 1.29 is 22.7 Å². The monoisotopic (exact) mass is 425 g/mol. The number of nitrogens with zero attached hydrogens (tertiary/aromatic N) is 2. The third kappa shape index (κ3) is 5.05. The number of anilines is 1. The van der Waals surface area contributed by atoms with E-state index >= 15 is 0 Å². The van der Waals surface area contributed by atoms with Crippen LogP contribution < -0.4 is 10.2 Å².